The van der Waals surface area contributed by atoms with E-state index < -0.39 is 5.97 Å². The van der Waals surface area contributed by atoms with Gasteiger partial charge in [-0.1, -0.05) is 12.1 Å². The monoisotopic (exact) mass is 235 g/mol. The number of carbonyl (C=O) groups is 1. The van der Waals surface area contributed by atoms with E-state index >= 15 is 0 Å². The van der Waals surface area contributed by atoms with Gasteiger partial charge in [-0.2, -0.15) is 0 Å². The average Bonchev–Trinajstić information content (AvgIpc) is 2.51. The fourth-order valence-electron chi connectivity index (χ4n) is 2.21. The lowest BCUT2D eigenvalue weighted by Gasteiger charge is -2.00. The first kappa shape index (κ1) is 11.6. The van der Waals surface area contributed by atoms with Gasteiger partial charge in [0.05, 0.1) is 5.52 Å². The molecule has 0 saturated carbocycles. The van der Waals surface area contributed by atoms with E-state index in [1.807, 2.05) is 13.0 Å². The van der Waals surface area contributed by atoms with Crippen LogP contribution in [-0.2, 0) is 18.3 Å². The second-order valence-corrected chi connectivity index (χ2v) is 4.15. The van der Waals surface area contributed by atoms with Crippen LogP contribution in [0.15, 0.2) is 18.2 Å². The van der Waals surface area contributed by atoms with Gasteiger partial charge in [0.25, 0.3) is 0 Å². The molecule has 0 unspecified atom stereocenters. The number of benzene rings is 1. The molecule has 0 radical (unpaired) electrons. The molecule has 4 heteroatoms. The van der Waals surface area contributed by atoms with Crippen molar-refractivity contribution in [3.8, 4) is 0 Å². The minimum atomic E-state index is -0.835. The van der Waals surface area contributed by atoms with E-state index in [0.29, 0.717) is 11.9 Å². The second kappa shape index (κ2) is 4.20. The number of carboxylic acids is 1. The van der Waals surface area contributed by atoms with Crippen LogP contribution >= 0.6 is 0 Å². The van der Waals surface area contributed by atoms with E-state index in [9.17, 15) is 9.18 Å². The van der Waals surface area contributed by atoms with Crippen LogP contribution in [0.3, 0.4) is 0 Å². The first-order valence-electron chi connectivity index (χ1n) is 5.46. The Bertz CT molecular complexity index is 587. The molecule has 2 aromatic rings. The topological polar surface area (TPSA) is 42.2 Å². The van der Waals surface area contributed by atoms with Crippen LogP contribution in [0.2, 0.25) is 0 Å². The molecule has 3 nitrogen and oxygen atoms in total. The van der Waals surface area contributed by atoms with Crippen LogP contribution in [-0.4, -0.2) is 15.6 Å². The van der Waals surface area contributed by atoms with E-state index in [4.69, 9.17) is 5.11 Å². The van der Waals surface area contributed by atoms with Crippen LogP contribution in [0, 0.1) is 12.7 Å². The molecule has 0 saturated heterocycles. The van der Waals surface area contributed by atoms with Crippen molar-refractivity contribution in [2.24, 2.45) is 7.05 Å². The van der Waals surface area contributed by atoms with Gasteiger partial charge in [-0.05, 0) is 25.0 Å². The fraction of sp³-hybridized carbons (Fsp3) is 0.308. The quantitative estimate of drug-likeness (QED) is 0.888. The molecule has 0 aliphatic rings. The molecule has 0 atom stereocenters. The van der Waals surface area contributed by atoms with Gasteiger partial charge in [0.15, 0.2) is 0 Å². The number of hydrogen-bond donors (Lipinski definition) is 1. The van der Waals surface area contributed by atoms with Crippen molar-refractivity contribution in [1.82, 2.24) is 4.57 Å². The molecule has 0 aliphatic heterocycles. The Kier molecular flexibility index (Phi) is 2.88. The highest BCUT2D eigenvalue weighted by molar-refractivity contribution is 5.86. The first-order chi connectivity index (χ1) is 8.02. The molecule has 1 N–H and O–H groups in total. The largest absolute Gasteiger partial charge is 0.481 e. The summed E-state index contributed by atoms with van der Waals surface area (Å²) in [5, 5.41) is 9.53. The molecule has 2 rings (SSSR count). The van der Waals surface area contributed by atoms with Gasteiger partial charge in [0.2, 0.25) is 0 Å². The summed E-state index contributed by atoms with van der Waals surface area (Å²) >= 11 is 0. The lowest BCUT2D eigenvalue weighted by Crippen LogP contribution is -1.99. The number of carboxylic acid groups (broad SMARTS) is 1. The molecular weight excluding hydrogens is 221 g/mol. The zero-order chi connectivity index (χ0) is 12.6. The van der Waals surface area contributed by atoms with Crippen molar-refractivity contribution >= 4 is 16.9 Å². The van der Waals surface area contributed by atoms with Gasteiger partial charge in [0, 0.05) is 24.5 Å². The minimum absolute atomic E-state index is 0.0659. The van der Waals surface area contributed by atoms with Gasteiger partial charge >= 0.3 is 5.97 Å². The number of aryl methyl sites for hydroxylation is 2. The Balaban J connectivity index is 2.59. The Morgan fingerprint density at radius 1 is 1.47 bits per heavy atom. The van der Waals surface area contributed by atoms with E-state index in [0.717, 1.165) is 16.6 Å². The van der Waals surface area contributed by atoms with Crippen LogP contribution < -0.4 is 0 Å². The predicted molar refractivity (Wildman–Crippen MR) is 63.6 cm³/mol. The molecule has 1 heterocycles. The lowest BCUT2D eigenvalue weighted by molar-refractivity contribution is -0.136. The highest BCUT2D eigenvalue weighted by Gasteiger charge is 2.15. The summed E-state index contributed by atoms with van der Waals surface area (Å²) in [5.74, 6) is -1.10. The maximum Gasteiger partial charge on any atom is 0.303 e. The third-order valence-electron chi connectivity index (χ3n) is 3.18. The van der Waals surface area contributed by atoms with E-state index in [-0.39, 0.29) is 12.2 Å². The highest BCUT2D eigenvalue weighted by atomic mass is 19.1. The number of aliphatic carboxylic acids is 1. The Hall–Kier alpha value is -1.84. The SMILES string of the molecule is Cc1c(CCC(=O)O)c2cccc(F)c2n1C. The third-order valence-corrected chi connectivity index (χ3v) is 3.18. The van der Waals surface area contributed by atoms with Crippen molar-refractivity contribution in [3.63, 3.8) is 0 Å². The molecule has 0 fully saturated rings. The number of halogens is 1. The molecule has 1 aromatic carbocycles. The molecular formula is C13H14FNO2. The Labute approximate surface area is 98.5 Å². The summed E-state index contributed by atoms with van der Waals surface area (Å²) < 4.78 is 15.5. The van der Waals surface area contributed by atoms with E-state index in [1.54, 1.807) is 17.7 Å². The summed E-state index contributed by atoms with van der Waals surface area (Å²) in [4.78, 5) is 10.6. The van der Waals surface area contributed by atoms with Crippen LogP contribution in [0.25, 0.3) is 10.9 Å². The van der Waals surface area contributed by atoms with Crippen LogP contribution in [0.5, 0.6) is 0 Å². The van der Waals surface area contributed by atoms with Crippen molar-refractivity contribution in [3.05, 3.63) is 35.3 Å². The summed E-state index contributed by atoms with van der Waals surface area (Å²) in [5.41, 5.74) is 2.39. The first-order valence-corrected chi connectivity index (χ1v) is 5.46. The van der Waals surface area contributed by atoms with Gasteiger partial charge < -0.3 is 9.67 Å². The number of para-hydroxylation sites is 1. The van der Waals surface area contributed by atoms with Crippen LogP contribution in [0.4, 0.5) is 4.39 Å². The zero-order valence-electron chi connectivity index (χ0n) is 9.83. The highest BCUT2D eigenvalue weighted by Crippen LogP contribution is 2.27. The molecule has 0 amide bonds. The standard InChI is InChI=1S/C13H14FNO2/c1-8-9(6-7-12(16)17)10-4-3-5-11(14)13(10)15(8)2/h3-5H,6-7H2,1-2H3,(H,16,17). The average molecular weight is 235 g/mol. The zero-order valence-corrected chi connectivity index (χ0v) is 9.83. The normalized spacial score (nSPS) is 11.0. The maximum absolute atomic E-state index is 13.7. The fourth-order valence-corrected chi connectivity index (χ4v) is 2.21. The van der Waals surface area contributed by atoms with Gasteiger partial charge in [0.1, 0.15) is 5.82 Å². The van der Waals surface area contributed by atoms with Gasteiger partial charge in [-0.3, -0.25) is 4.79 Å². The van der Waals surface area contributed by atoms with Crippen molar-refractivity contribution < 1.29 is 14.3 Å². The summed E-state index contributed by atoms with van der Waals surface area (Å²) in [6.45, 7) is 1.89. The van der Waals surface area contributed by atoms with Gasteiger partial charge in [-0.15, -0.1) is 0 Å². The number of aromatic nitrogens is 1. The number of nitrogens with zero attached hydrogens (tertiary/aromatic N) is 1. The van der Waals surface area contributed by atoms with Crippen LogP contribution in [0.1, 0.15) is 17.7 Å². The third kappa shape index (κ3) is 1.90. The molecule has 17 heavy (non-hydrogen) atoms. The maximum atomic E-state index is 13.7. The van der Waals surface area contributed by atoms with Crippen molar-refractivity contribution in [1.29, 1.82) is 0 Å². The lowest BCUT2D eigenvalue weighted by atomic mass is 10.1. The van der Waals surface area contributed by atoms with E-state index in [1.165, 1.54) is 6.07 Å². The number of rotatable bonds is 3. The Morgan fingerprint density at radius 2 is 2.18 bits per heavy atom. The molecule has 90 valence electrons. The molecule has 0 spiro atoms. The summed E-state index contributed by atoms with van der Waals surface area (Å²) in [6.07, 6.45) is 0.498. The number of hydrogen-bond acceptors (Lipinski definition) is 1. The molecule has 0 aliphatic carbocycles. The van der Waals surface area contributed by atoms with Crippen molar-refractivity contribution in [2.45, 2.75) is 19.8 Å². The summed E-state index contributed by atoms with van der Waals surface area (Å²) in [7, 11) is 1.80. The second-order valence-electron chi connectivity index (χ2n) is 4.15. The van der Waals surface area contributed by atoms with Crippen molar-refractivity contribution in [2.75, 3.05) is 0 Å². The van der Waals surface area contributed by atoms with E-state index in [2.05, 4.69) is 0 Å². The molecule has 1 aromatic heterocycles. The minimum Gasteiger partial charge on any atom is -0.481 e. The predicted octanol–water partition coefficient (Wildman–Crippen LogP) is 2.64. The smallest absolute Gasteiger partial charge is 0.303 e. The summed E-state index contributed by atoms with van der Waals surface area (Å²) in [6, 6.07) is 4.91. The Morgan fingerprint density at radius 3 is 2.82 bits per heavy atom. The number of fused-ring (bicyclic) bond motifs is 1. The van der Waals surface area contributed by atoms with Gasteiger partial charge in [-0.25, -0.2) is 4.39 Å². The molecule has 0 bridgehead atoms.